The van der Waals surface area contributed by atoms with E-state index in [1.165, 1.54) is 4.88 Å². The summed E-state index contributed by atoms with van der Waals surface area (Å²) in [5, 5.41) is 5.83. The number of pyridine rings is 1. The Balaban J connectivity index is 1.56. The molecule has 1 aromatic carbocycles. The number of aromatic nitrogens is 1. The molecule has 0 spiro atoms. The zero-order valence-corrected chi connectivity index (χ0v) is 14.8. The van der Waals surface area contributed by atoms with Crippen LogP contribution >= 0.6 is 11.3 Å². The van der Waals surface area contributed by atoms with Gasteiger partial charge in [-0.1, -0.05) is 6.07 Å². The van der Waals surface area contributed by atoms with Gasteiger partial charge in [-0.05, 0) is 47.9 Å². The van der Waals surface area contributed by atoms with Crippen LogP contribution in [0.5, 0.6) is 5.75 Å². The third kappa shape index (κ3) is 4.48. The van der Waals surface area contributed by atoms with E-state index in [2.05, 4.69) is 10.3 Å². The Bertz CT molecular complexity index is 916. The number of nitrogens with one attached hydrogen (secondary N) is 2. The van der Waals surface area contributed by atoms with Gasteiger partial charge >= 0.3 is 0 Å². The predicted octanol–water partition coefficient (Wildman–Crippen LogP) is 2.89. The molecule has 0 unspecified atom stereocenters. The first-order valence-electron chi connectivity index (χ1n) is 8.15. The first-order chi connectivity index (χ1) is 12.2. The molecule has 2 N–H and O–H groups in total. The highest BCUT2D eigenvalue weighted by Gasteiger charge is 2.06. The molecule has 0 radical (unpaired) electrons. The molecule has 0 saturated heterocycles. The summed E-state index contributed by atoms with van der Waals surface area (Å²) in [5.74, 6) is 0.712. The number of thiophene rings is 1. The van der Waals surface area contributed by atoms with Crippen molar-refractivity contribution >= 4 is 28.1 Å². The van der Waals surface area contributed by atoms with Crippen LogP contribution in [0.25, 0.3) is 10.9 Å². The molecule has 0 fully saturated rings. The number of rotatable bonds is 7. The average molecular weight is 356 g/mol. The first kappa shape index (κ1) is 17.2. The minimum Gasteiger partial charge on any atom is -0.497 e. The minimum atomic E-state index is -0.131. The van der Waals surface area contributed by atoms with E-state index in [-0.39, 0.29) is 11.5 Å². The van der Waals surface area contributed by atoms with E-state index in [1.54, 1.807) is 24.5 Å². The third-order valence-electron chi connectivity index (χ3n) is 4.03. The maximum absolute atomic E-state index is 12.2. The second-order valence-corrected chi connectivity index (χ2v) is 6.79. The van der Waals surface area contributed by atoms with E-state index in [0.29, 0.717) is 30.7 Å². The summed E-state index contributed by atoms with van der Waals surface area (Å²) in [5.41, 5.74) is 1.28. The lowest BCUT2D eigenvalue weighted by molar-refractivity contribution is -0.121. The Morgan fingerprint density at radius 3 is 2.88 bits per heavy atom. The number of aromatic amines is 1. The van der Waals surface area contributed by atoms with E-state index in [4.69, 9.17) is 4.74 Å². The summed E-state index contributed by atoms with van der Waals surface area (Å²) in [7, 11) is 1.59. The zero-order chi connectivity index (χ0) is 17.6. The maximum Gasteiger partial charge on any atom is 0.251 e. The summed E-state index contributed by atoms with van der Waals surface area (Å²) >= 11 is 1.66. The number of aryl methyl sites for hydroxylation is 1. The molecule has 0 aliphatic rings. The fourth-order valence-corrected chi connectivity index (χ4v) is 3.36. The van der Waals surface area contributed by atoms with Crippen LogP contribution in [0.4, 0.5) is 0 Å². The van der Waals surface area contributed by atoms with Gasteiger partial charge in [-0.2, -0.15) is 0 Å². The molecule has 3 aromatic rings. The molecule has 6 heteroatoms. The van der Waals surface area contributed by atoms with Gasteiger partial charge in [0, 0.05) is 29.5 Å². The molecule has 5 nitrogen and oxygen atoms in total. The quantitative estimate of drug-likeness (QED) is 0.684. The van der Waals surface area contributed by atoms with E-state index in [9.17, 15) is 9.59 Å². The molecule has 0 atom stereocenters. The molecule has 130 valence electrons. The summed E-state index contributed by atoms with van der Waals surface area (Å²) in [6, 6.07) is 11.4. The van der Waals surface area contributed by atoms with Crippen LogP contribution in [-0.2, 0) is 17.6 Å². The van der Waals surface area contributed by atoms with E-state index in [1.807, 2.05) is 35.7 Å². The molecule has 25 heavy (non-hydrogen) atoms. The SMILES string of the molecule is COc1ccc2cc(CCNC(=O)CCc3cccs3)c(=O)[nH]c2c1. The molecule has 1 amide bonds. The maximum atomic E-state index is 12.2. The number of benzene rings is 1. The molecule has 2 heterocycles. The van der Waals surface area contributed by atoms with Crippen molar-refractivity contribution in [2.75, 3.05) is 13.7 Å². The predicted molar refractivity (Wildman–Crippen MR) is 100 cm³/mol. The second-order valence-electron chi connectivity index (χ2n) is 5.76. The van der Waals surface area contributed by atoms with Crippen LogP contribution in [0.2, 0.25) is 0 Å². The van der Waals surface area contributed by atoms with E-state index >= 15 is 0 Å². The average Bonchev–Trinajstić information content (AvgIpc) is 3.13. The van der Waals surface area contributed by atoms with Gasteiger partial charge in [0.15, 0.2) is 0 Å². The summed E-state index contributed by atoms with van der Waals surface area (Å²) in [4.78, 5) is 28.1. The van der Waals surface area contributed by atoms with Gasteiger partial charge in [0.25, 0.3) is 5.56 Å². The molecule has 0 aliphatic heterocycles. The number of H-pyrrole nitrogens is 1. The molecule has 0 saturated carbocycles. The van der Waals surface area contributed by atoms with E-state index < -0.39 is 0 Å². The molecule has 0 bridgehead atoms. The lowest BCUT2D eigenvalue weighted by atomic mass is 10.1. The van der Waals surface area contributed by atoms with Gasteiger partial charge in [-0.3, -0.25) is 9.59 Å². The van der Waals surface area contributed by atoms with Crippen molar-refractivity contribution in [1.29, 1.82) is 0 Å². The number of fused-ring (bicyclic) bond motifs is 1. The van der Waals surface area contributed by atoms with E-state index in [0.717, 1.165) is 17.3 Å². The van der Waals surface area contributed by atoms with Crippen LogP contribution in [0.1, 0.15) is 16.9 Å². The van der Waals surface area contributed by atoms with Crippen LogP contribution in [0.15, 0.2) is 46.6 Å². The first-order valence-corrected chi connectivity index (χ1v) is 9.03. The topological polar surface area (TPSA) is 71.2 Å². The highest BCUT2D eigenvalue weighted by atomic mass is 32.1. The van der Waals surface area contributed by atoms with Crippen molar-refractivity contribution in [3.05, 3.63) is 62.6 Å². The fraction of sp³-hybridized carbons (Fsp3) is 0.263. The van der Waals surface area contributed by atoms with Crippen LogP contribution in [0.3, 0.4) is 0 Å². The molecule has 0 aliphatic carbocycles. The summed E-state index contributed by atoms with van der Waals surface area (Å²) in [6.07, 6.45) is 1.72. The zero-order valence-electron chi connectivity index (χ0n) is 14.0. The van der Waals surface area contributed by atoms with Crippen molar-refractivity contribution in [3.63, 3.8) is 0 Å². The Labute approximate surface area is 149 Å². The number of carbonyl (C=O) groups is 1. The number of amides is 1. The smallest absolute Gasteiger partial charge is 0.251 e. The van der Waals surface area contributed by atoms with Crippen LogP contribution in [-0.4, -0.2) is 24.5 Å². The molecule has 2 aromatic heterocycles. The third-order valence-corrected chi connectivity index (χ3v) is 4.96. The lowest BCUT2D eigenvalue weighted by Gasteiger charge is -2.07. The molecule has 3 rings (SSSR count). The highest BCUT2D eigenvalue weighted by Crippen LogP contribution is 2.18. The van der Waals surface area contributed by atoms with Crippen LogP contribution < -0.4 is 15.6 Å². The van der Waals surface area contributed by atoms with Crippen molar-refractivity contribution in [3.8, 4) is 5.75 Å². The Morgan fingerprint density at radius 1 is 1.24 bits per heavy atom. The van der Waals surface area contributed by atoms with Crippen LogP contribution in [0, 0.1) is 0 Å². The number of carbonyl (C=O) groups excluding carboxylic acids is 1. The number of ether oxygens (including phenoxy) is 1. The van der Waals surface area contributed by atoms with Crippen molar-refractivity contribution in [2.45, 2.75) is 19.3 Å². The number of methoxy groups -OCH3 is 1. The van der Waals surface area contributed by atoms with Gasteiger partial charge in [0.1, 0.15) is 5.75 Å². The largest absolute Gasteiger partial charge is 0.497 e. The Morgan fingerprint density at radius 2 is 2.12 bits per heavy atom. The van der Waals surface area contributed by atoms with Crippen molar-refractivity contribution in [2.24, 2.45) is 0 Å². The molecular weight excluding hydrogens is 336 g/mol. The van der Waals surface area contributed by atoms with Gasteiger partial charge in [0.05, 0.1) is 12.6 Å². The highest BCUT2D eigenvalue weighted by molar-refractivity contribution is 7.09. The fourth-order valence-electron chi connectivity index (χ4n) is 2.65. The standard InChI is InChI=1S/C19H20N2O3S/c1-24-15-5-4-13-11-14(19(23)21-17(13)12-15)8-9-20-18(22)7-6-16-3-2-10-25-16/h2-5,10-12H,6-9H2,1H3,(H,20,22)(H,21,23). The minimum absolute atomic E-state index is 0.00959. The van der Waals surface area contributed by atoms with Crippen molar-refractivity contribution in [1.82, 2.24) is 10.3 Å². The molecular formula is C19H20N2O3S. The lowest BCUT2D eigenvalue weighted by Crippen LogP contribution is -2.27. The normalized spacial score (nSPS) is 10.8. The number of hydrogen-bond donors (Lipinski definition) is 2. The summed E-state index contributed by atoms with van der Waals surface area (Å²) < 4.78 is 5.16. The van der Waals surface area contributed by atoms with Gasteiger partial charge in [-0.25, -0.2) is 0 Å². The van der Waals surface area contributed by atoms with Gasteiger partial charge in [0.2, 0.25) is 5.91 Å². The monoisotopic (exact) mass is 356 g/mol. The Hall–Kier alpha value is -2.60. The van der Waals surface area contributed by atoms with Gasteiger partial charge in [-0.15, -0.1) is 11.3 Å². The number of hydrogen-bond acceptors (Lipinski definition) is 4. The van der Waals surface area contributed by atoms with Gasteiger partial charge < -0.3 is 15.0 Å². The summed E-state index contributed by atoms with van der Waals surface area (Å²) in [6.45, 7) is 0.452. The van der Waals surface area contributed by atoms with Crippen molar-refractivity contribution < 1.29 is 9.53 Å². The second kappa shape index (κ2) is 7.98. The Kier molecular flexibility index (Phi) is 5.50.